The molecule has 154 valence electrons. The average molecular weight is 434 g/mol. The molecule has 6 heteroatoms. The van der Waals surface area contributed by atoms with Gasteiger partial charge in [0.15, 0.2) is 0 Å². The maximum atomic E-state index is 13.0. The predicted octanol–water partition coefficient (Wildman–Crippen LogP) is 4.86. The van der Waals surface area contributed by atoms with Gasteiger partial charge in [-0.05, 0) is 73.4 Å². The molecular formula is C23H25Cl2NO3. The van der Waals surface area contributed by atoms with E-state index in [9.17, 15) is 15.0 Å². The molecule has 0 radical (unpaired) electrons. The third-order valence-electron chi connectivity index (χ3n) is 6.91. The molecule has 29 heavy (non-hydrogen) atoms. The largest absolute Gasteiger partial charge is 0.508 e. The summed E-state index contributed by atoms with van der Waals surface area (Å²) in [5.74, 6) is 0.323. The Bertz CT molecular complexity index is 917. The number of phenols is 1. The van der Waals surface area contributed by atoms with Crippen molar-refractivity contribution in [1.29, 1.82) is 0 Å². The zero-order valence-corrected chi connectivity index (χ0v) is 17.7. The summed E-state index contributed by atoms with van der Waals surface area (Å²) in [6.07, 6.45) is 1.92. The Labute approximate surface area is 180 Å². The number of rotatable bonds is 4. The number of aromatic hydroxyl groups is 1. The van der Waals surface area contributed by atoms with Gasteiger partial charge in [0.05, 0.1) is 5.41 Å². The van der Waals surface area contributed by atoms with Gasteiger partial charge in [-0.3, -0.25) is 4.79 Å². The summed E-state index contributed by atoms with van der Waals surface area (Å²) in [6, 6.07) is 12.9. The van der Waals surface area contributed by atoms with Crippen LogP contribution < -0.4 is 5.32 Å². The van der Waals surface area contributed by atoms with E-state index in [4.69, 9.17) is 23.2 Å². The quantitative estimate of drug-likeness (QED) is 0.644. The highest BCUT2D eigenvalue weighted by molar-refractivity contribution is 6.31. The topological polar surface area (TPSA) is 69.6 Å². The van der Waals surface area contributed by atoms with Crippen LogP contribution in [0.4, 0.5) is 0 Å². The van der Waals surface area contributed by atoms with Crippen LogP contribution in [0.5, 0.6) is 5.75 Å². The van der Waals surface area contributed by atoms with Crippen molar-refractivity contribution in [1.82, 2.24) is 5.32 Å². The average Bonchev–Trinajstić information content (AvgIpc) is 2.93. The summed E-state index contributed by atoms with van der Waals surface area (Å²) in [5.41, 5.74) is 1.51. The first kappa shape index (κ1) is 20.5. The van der Waals surface area contributed by atoms with Gasteiger partial charge in [-0.1, -0.05) is 41.4 Å². The van der Waals surface area contributed by atoms with Gasteiger partial charge in [-0.25, -0.2) is 0 Å². The molecule has 0 bridgehead atoms. The van der Waals surface area contributed by atoms with Crippen molar-refractivity contribution in [2.24, 2.45) is 11.3 Å². The number of aliphatic hydroxyl groups excluding tert-OH is 1. The van der Waals surface area contributed by atoms with Gasteiger partial charge in [-0.15, -0.1) is 0 Å². The summed E-state index contributed by atoms with van der Waals surface area (Å²) >= 11 is 12.7. The molecule has 1 saturated carbocycles. The van der Waals surface area contributed by atoms with E-state index in [2.05, 4.69) is 5.32 Å². The lowest BCUT2D eigenvalue weighted by Crippen LogP contribution is -2.44. The van der Waals surface area contributed by atoms with Crippen LogP contribution in [0.2, 0.25) is 10.0 Å². The fraction of sp³-hybridized carbons (Fsp3) is 0.435. The number of hydrogen-bond donors (Lipinski definition) is 3. The third-order valence-corrected chi connectivity index (χ3v) is 7.49. The van der Waals surface area contributed by atoms with Crippen molar-refractivity contribution in [2.75, 3.05) is 6.61 Å². The van der Waals surface area contributed by atoms with E-state index in [1.165, 1.54) is 0 Å². The molecule has 0 spiro atoms. The first-order chi connectivity index (χ1) is 13.9. The fourth-order valence-corrected chi connectivity index (χ4v) is 6.18. The summed E-state index contributed by atoms with van der Waals surface area (Å²) in [6.45, 7) is 2.03. The smallest absolute Gasteiger partial charge is 0.226 e. The van der Waals surface area contributed by atoms with E-state index in [-0.39, 0.29) is 42.1 Å². The highest BCUT2D eigenvalue weighted by Gasteiger charge is 2.59. The van der Waals surface area contributed by atoms with Crippen LogP contribution in [0.1, 0.15) is 49.1 Å². The van der Waals surface area contributed by atoms with Crippen LogP contribution >= 0.6 is 23.2 Å². The number of phenolic OH excluding ortho intramolecular Hbond substituents is 1. The van der Waals surface area contributed by atoms with Crippen LogP contribution in [0.25, 0.3) is 0 Å². The summed E-state index contributed by atoms with van der Waals surface area (Å²) in [5, 5.41) is 23.9. The van der Waals surface area contributed by atoms with Gasteiger partial charge in [0.25, 0.3) is 0 Å². The Hall–Kier alpha value is -1.75. The molecule has 2 fully saturated rings. The second kappa shape index (κ2) is 7.82. The van der Waals surface area contributed by atoms with E-state index in [0.29, 0.717) is 22.9 Å². The van der Waals surface area contributed by atoms with E-state index in [1.807, 2.05) is 37.3 Å². The second-order valence-corrected chi connectivity index (χ2v) is 9.19. The molecular weight excluding hydrogens is 409 g/mol. The number of amides is 1. The monoisotopic (exact) mass is 433 g/mol. The van der Waals surface area contributed by atoms with Gasteiger partial charge in [-0.2, -0.15) is 0 Å². The number of nitrogens with one attached hydrogen (secondary N) is 1. The normalized spacial score (nSPS) is 31.4. The lowest BCUT2D eigenvalue weighted by molar-refractivity contribution is -0.132. The highest BCUT2D eigenvalue weighted by atomic mass is 35.5. The molecule has 0 unspecified atom stereocenters. The van der Waals surface area contributed by atoms with Crippen LogP contribution in [-0.4, -0.2) is 28.8 Å². The Morgan fingerprint density at radius 2 is 1.90 bits per heavy atom. The molecule has 1 amide bonds. The molecule has 4 rings (SSSR count). The van der Waals surface area contributed by atoms with E-state index in [1.54, 1.807) is 12.1 Å². The molecule has 2 aromatic carbocycles. The zero-order chi connectivity index (χ0) is 20.8. The minimum atomic E-state index is -0.585. The molecule has 1 aliphatic heterocycles. The molecule has 1 heterocycles. The van der Waals surface area contributed by atoms with Crippen LogP contribution in [0.3, 0.4) is 0 Å². The Morgan fingerprint density at radius 3 is 2.55 bits per heavy atom. The van der Waals surface area contributed by atoms with E-state index in [0.717, 1.165) is 17.5 Å². The third kappa shape index (κ3) is 3.41. The standard InChI is InChI=1S/C23H25Cl2NO3/c1-13-21-20(14-2-4-15(24)5-3-14)18(17-7-6-16(28)12-19(17)25)8-9-23(21,10-11-27)22(29)26-13/h2-7,12-13,18,20-21,27-28H,8-11H2,1H3,(H,26,29)/t13-,18+,20+,21+,23+/m1/s1. The molecule has 0 aromatic heterocycles. The van der Waals surface area contributed by atoms with Gasteiger partial charge in [0.2, 0.25) is 5.91 Å². The lowest BCUT2D eigenvalue weighted by atomic mass is 9.54. The number of carbonyl (C=O) groups is 1. The summed E-state index contributed by atoms with van der Waals surface area (Å²) < 4.78 is 0. The maximum absolute atomic E-state index is 13.0. The number of fused-ring (bicyclic) bond motifs is 1. The van der Waals surface area contributed by atoms with Gasteiger partial charge < -0.3 is 15.5 Å². The van der Waals surface area contributed by atoms with Crippen molar-refractivity contribution in [3.8, 4) is 5.75 Å². The predicted molar refractivity (Wildman–Crippen MR) is 115 cm³/mol. The Kier molecular flexibility index (Phi) is 5.54. The Morgan fingerprint density at radius 1 is 1.17 bits per heavy atom. The number of benzene rings is 2. The maximum Gasteiger partial charge on any atom is 0.226 e. The first-order valence-electron chi connectivity index (χ1n) is 10.0. The van der Waals surface area contributed by atoms with Gasteiger partial charge in [0.1, 0.15) is 5.75 Å². The molecule has 5 atom stereocenters. The summed E-state index contributed by atoms with van der Waals surface area (Å²) in [7, 11) is 0. The van der Waals surface area contributed by atoms with Crippen molar-refractivity contribution in [3.63, 3.8) is 0 Å². The molecule has 1 aliphatic carbocycles. The molecule has 2 aliphatic rings. The highest BCUT2D eigenvalue weighted by Crippen LogP contribution is 2.60. The second-order valence-electron chi connectivity index (χ2n) is 8.35. The van der Waals surface area contributed by atoms with E-state index >= 15 is 0 Å². The van der Waals surface area contributed by atoms with Crippen molar-refractivity contribution < 1.29 is 15.0 Å². The number of hydrogen-bond acceptors (Lipinski definition) is 3. The zero-order valence-electron chi connectivity index (χ0n) is 16.2. The van der Waals surface area contributed by atoms with Crippen LogP contribution in [0.15, 0.2) is 42.5 Å². The van der Waals surface area contributed by atoms with Crippen molar-refractivity contribution in [3.05, 3.63) is 63.6 Å². The van der Waals surface area contributed by atoms with Gasteiger partial charge in [0, 0.05) is 28.6 Å². The number of halogens is 2. The molecule has 3 N–H and O–H groups in total. The first-order valence-corrected chi connectivity index (χ1v) is 10.8. The van der Waals surface area contributed by atoms with Crippen LogP contribution in [-0.2, 0) is 4.79 Å². The van der Waals surface area contributed by atoms with E-state index < -0.39 is 5.41 Å². The van der Waals surface area contributed by atoms with Gasteiger partial charge >= 0.3 is 0 Å². The number of aliphatic hydroxyl groups is 1. The Balaban J connectivity index is 1.86. The van der Waals surface area contributed by atoms with Crippen molar-refractivity contribution in [2.45, 2.75) is 44.1 Å². The molecule has 1 saturated heterocycles. The fourth-order valence-electron chi connectivity index (χ4n) is 5.74. The molecule has 2 aromatic rings. The molecule has 4 nitrogen and oxygen atoms in total. The minimum absolute atomic E-state index is 0.0192. The summed E-state index contributed by atoms with van der Waals surface area (Å²) in [4.78, 5) is 13.0. The SMILES string of the molecule is C[C@H]1NC(=O)[C@]2(CCO)CC[C@@H](c3ccc(O)cc3Cl)[C@H](c3ccc(Cl)cc3)[C@H]12. The van der Waals surface area contributed by atoms with Crippen LogP contribution in [0, 0.1) is 11.3 Å². The lowest BCUT2D eigenvalue weighted by Gasteiger charge is -2.47. The minimum Gasteiger partial charge on any atom is -0.508 e. The number of carbonyl (C=O) groups excluding carboxylic acids is 1. The van der Waals surface area contributed by atoms with Crippen molar-refractivity contribution >= 4 is 29.1 Å².